The molecule has 0 bridgehead atoms. The zero-order chi connectivity index (χ0) is 21.0. The van der Waals surface area contributed by atoms with E-state index < -0.39 is 0 Å². The number of anilines is 1. The molecule has 2 aromatic carbocycles. The van der Waals surface area contributed by atoms with Gasteiger partial charge in [0.15, 0.2) is 0 Å². The fourth-order valence-electron chi connectivity index (χ4n) is 2.98. The summed E-state index contributed by atoms with van der Waals surface area (Å²) in [5.41, 5.74) is 3.75. The van der Waals surface area contributed by atoms with Crippen LogP contribution < -0.4 is 5.32 Å². The van der Waals surface area contributed by atoms with Gasteiger partial charge in [0.25, 0.3) is 5.22 Å². The zero-order valence-electron chi connectivity index (χ0n) is 16.9. The van der Waals surface area contributed by atoms with Crippen molar-refractivity contribution in [3.8, 4) is 11.5 Å². The lowest BCUT2D eigenvalue weighted by Crippen LogP contribution is -2.17. The van der Waals surface area contributed by atoms with Gasteiger partial charge in [0.1, 0.15) is 5.82 Å². The minimum atomic E-state index is -0.331. The Morgan fingerprint density at radius 1 is 1.03 bits per heavy atom. The summed E-state index contributed by atoms with van der Waals surface area (Å²) in [5, 5.41) is 11.3. The van der Waals surface area contributed by atoms with Crippen molar-refractivity contribution in [3.63, 3.8) is 0 Å². The van der Waals surface area contributed by atoms with E-state index in [0.29, 0.717) is 28.5 Å². The van der Waals surface area contributed by atoms with Crippen LogP contribution >= 0.6 is 11.8 Å². The van der Waals surface area contributed by atoms with Crippen LogP contribution in [0.5, 0.6) is 0 Å². The molecule has 0 aliphatic rings. The van der Waals surface area contributed by atoms with Crippen LogP contribution in [0.4, 0.5) is 10.1 Å². The maximum Gasteiger partial charge on any atom is 0.277 e. The number of rotatable bonds is 7. The Kier molecular flexibility index (Phi) is 6.69. The second-order valence-electron chi connectivity index (χ2n) is 7.34. The molecule has 5 nitrogen and oxygen atoms in total. The average molecular weight is 414 g/mol. The van der Waals surface area contributed by atoms with Gasteiger partial charge in [-0.2, -0.15) is 0 Å². The van der Waals surface area contributed by atoms with Crippen molar-refractivity contribution in [2.24, 2.45) is 0 Å². The van der Waals surface area contributed by atoms with E-state index in [1.807, 2.05) is 18.2 Å². The van der Waals surface area contributed by atoms with Crippen LogP contribution in [-0.4, -0.2) is 21.9 Å². The van der Waals surface area contributed by atoms with Crippen molar-refractivity contribution in [1.82, 2.24) is 10.2 Å². The number of para-hydroxylation sites is 1. The number of thioether (sulfide) groups is 1. The Bertz CT molecular complexity index is 958. The van der Waals surface area contributed by atoms with E-state index in [1.54, 1.807) is 12.1 Å². The van der Waals surface area contributed by atoms with Gasteiger partial charge in [-0.15, -0.1) is 10.2 Å². The van der Waals surface area contributed by atoms with Crippen molar-refractivity contribution in [2.45, 2.75) is 44.8 Å². The van der Waals surface area contributed by atoms with Crippen LogP contribution in [0.1, 0.15) is 50.7 Å². The fraction of sp³-hybridized carbons (Fsp3) is 0.318. The molecule has 0 radical (unpaired) electrons. The Labute approximate surface area is 174 Å². The van der Waals surface area contributed by atoms with Gasteiger partial charge < -0.3 is 9.73 Å². The van der Waals surface area contributed by atoms with Crippen molar-refractivity contribution in [2.75, 3.05) is 11.1 Å². The molecule has 1 heterocycles. The molecular weight excluding hydrogens is 389 g/mol. The number of carbonyl (C=O) groups excluding carboxylic acids is 1. The minimum absolute atomic E-state index is 0.133. The van der Waals surface area contributed by atoms with Gasteiger partial charge in [0, 0.05) is 11.3 Å². The predicted octanol–water partition coefficient (Wildman–Crippen LogP) is 5.85. The summed E-state index contributed by atoms with van der Waals surface area (Å²) in [4.78, 5) is 12.6. The molecule has 3 aromatic rings. The number of amides is 1. The lowest BCUT2D eigenvalue weighted by atomic mass is 9.92. The van der Waals surface area contributed by atoms with Crippen molar-refractivity contribution < 1.29 is 13.6 Å². The molecule has 7 heteroatoms. The fourth-order valence-corrected chi connectivity index (χ4v) is 3.54. The first-order valence-electron chi connectivity index (χ1n) is 9.50. The molecule has 0 saturated heterocycles. The summed E-state index contributed by atoms with van der Waals surface area (Å²) >= 11 is 1.17. The molecule has 1 N–H and O–H groups in total. The Morgan fingerprint density at radius 3 is 2.24 bits per heavy atom. The van der Waals surface area contributed by atoms with Gasteiger partial charge in [0.05, 0.1) is 5.75 Å². The third-order valence-electron chi connectivity index (χ3n) is 4.46. The largest absolute Gasteiger partial charge is 0.411 e. The molecule has 0 fully saturated rings. The summed E-state index contributed by atoms with van der Waals surface area (Å²) in [7, 11) is 0. The van der Waals surface area contributed by atoms with E-state index in [-0.39, 0.29) is 17.5 Å². The van der Waals surface area contributed by atoms with Crippen molar-refractivity contribution in [3.05, 3.63) is 59.4 Å². The van der Waals surface area contributed by atoms with E-state index in [1.165, 1.54) is 23.9 Å². The molecule has 0 atom stereocenters. The third-order valence-corrected chi connectivity index (χ3v) is 5.28. The standard InChI is InChI=1S/C22H24FN3O2S/c1-13(2)17-6-5-7-18(14(3)4)20(17)24-19(27)12-29-22-26-25-21(28-22)15-8-10-16(23)11-9-15/h5-11,13-14H,12H2,1-4H3,(H,24,27). The quantitative estimate of drug-likeness (QED) is 0.492. The summed E-state index contributed by atoms with van der Waals surface area (Å²) in [6.45, 7) is 8.44. The van der Waals surface area contributed by atoms with Crippen LogP contribution in [0.2, 0.25) is 0 Å². The van der Waals surface area contributed by atoms with Crippen LogP contribution in [0.25, 0.3) is 11.5 Å². The maximum atomic E-state index is 13.0. The van der Waals surface area contributed by atoms with Gasteiger partial charge in [0.2, 0.25) is 11.8 Å². The smallest absolute Gasteiger partial charge is 0.277 e. The van der Waals surface area contributed by atoms with E-state index in [2.05, 4.69) is 43.2 Å². The van der Waals surface area contributed by atoms with E-state index >= 15 is 0 Å². The molecule has 0 aliphatic heterocycles. The van der Waals surface area contributed by atoms with Crippen LogP contribution in [-0.2, 0) is 4.79 Å². The van der Waals surface area contributed by atoms with Crippen LogP contribution in [0.3, 0.4) is 0 Å². The van der Waals surface area contributed by atoms with Gasteiger partial charge in [-0.25, -0.2) is 4.39 Å². The minimum Gasteiger partial charge on any atom is -0.411 e. The molecule has 0 unspecified atom stereocenters. The molecule has 1 amide bonds. The van der Waals surface area contributed by atoms with Crippen molar-refractivity contribution in [1.29, 1.82) is 0 Å². The first-order valence-corrected chi connectivity index (χ1v) is 10.5. The average Bonchev–Trinajstić information content (AvgIpc) is 3.15. The lowest BCUT2D eigenvalue weighted by molar-refractivity contribution is -0.113. The molecule has 1 aromatic heterocycles. The van der Waals surface area contributed by atoms with E-state index in [0.717, 1.165) is 16.8 Å². The van der Waals surface area contributed by atoms with Crippen LogP contribution in [0, 0.1) is 5.82 Å². The number of halogens is 1. The van der Waals surface area contributed by atoms with E-state index in [4.69, 9.17) is 4.42 Å². The van der Waals surface area contributed by atoms with Gasteiger partial charge in [-0.3, -0.25) is 4.79 Å². The highest BCUT2D eigenvalue weighted by molar-refractivity contribution is 7.99. The Balaban J connectivity index is 1.67. The Hall–Kier alpha value is -2.67. The second-order valence-corrected chi connectivity index (χ2v) is 8.26. The molecule has 0 saturated carbocycles. The molecule has 0 spiro atoms. The van der Waals surface area contributed by atoms with Gasteiger partial charge >= 0.3 is 0 Å². The van der Waals surface area contributed by atoms with E-state index in [9.17, 15) is 9.18 Å². The number of nitrogens with one attached hydrogen (secondary N) is 1. The summed E-state index contributed by atoms with van der Waals surface area (Å²) in [5.74, 6) is 0.569. The first-order chi connectivity index (χ1) is 13.8. The van der Waals surface area contributed by atoms with Crippen LogP contribution in [0.15, 0.2) is 52.1 Å². The lowest BCUT2D eigenvalue weighted by Gasteiger charge is -2.20. The summed E-state index contributed by atoms with van der Waals surface area (Å²) in [6, 6.07) is 11.9. The first kappa shape index (κ1) is 21.0. The number of nitrogens with zero attached hydrogens (tertiary/aromatic N) is 2. The zero-order valence-corrected chi connectivity index (χ0v) is 17.7. The Morgan fingerprint density at radius 2 is 1.66 bits per heavy atom. The number of carbonyl (C=O) groups is 1. The monoisotopic (exact) mass is 413 g/mol. The molecule has 3 rings (SSSR count). The summed E-state index contributed by atoms with van der Waals surface area (Å²) < 4.78 is 18.6. The molecule has 152 valence electrons. The number of hydrogen-bond donors (Lipinski definition) is 1. The number of aromatic nitrogens is 2. The highest BCUT2D eigenvalue weighted by Gasteiger charge is 2.17. The highest BCUT2D eigenvalue weighted by atomic mass is 32.2. The topological polar surface area (TPSA) is 68.0 Å². The second kappa shape index (κ2) is 9.22. The third kappa shape index (κ3) is 5.23. The SMILES string of the molecule is CC(C)c1cccc(C(C)C)c1NC(=O)CSc1nnc(-c2ccc(F)cc2)o1. The maximum absolute atomic E-state index is 13.0. The number of hydrogen-bond acceptors (Lipinski definition) is 5. The molecule has 0 aliphatic carbocycles. The van der Waals surface area contributed by atoms with Gasteiger partial charge in [-0.05, 0) is 47.2 Å². The molecular formula is C22H24FN3O2S. The number of benzene rings is 2. The normalized spacial score (nSPS) is 11.3. The predicted molar refractivity (Wildman–Crippen MR) is 114 cm³/mol. The summed E-state index contributed by atoms with van der Waals surface area (Å²) in [6.07, 6.45) is 0. The van der Waals surface area contributed by atoms with Crippen molar-refractivity contribution >= 4 is 23.4 Å². The highest BCUT2D eigenvalue weighted by Crippen LogP contribution is 2.32. The van der Waals surface area contributed by atoms with Gasteiger partial charge in [-0.1, -0.05) is 57.7 Å². The molecule has 29 heavy (non-hydrogen) atoms.